The van der Waals surface area contributed by atoms with Crippen molar-refractivity contribution < 1.29 is 4.79 Å². The molecule has 116 valence electrons. The molecule has 0 bridgehead atoms. The number of pyridine rings is 1. The molecule has 0 unspecified atom stereocenters. The molecule has 1 aromatic carbocycles. The average Bonchev–Trinajstić information content (AvgIpc) is 3.09. The van der Waals surface area contributed by atoms with Crippen molar-refractivity contribution in [3.63, 3.8) is 0 Å². The second kappa shape index (κ2) is 7.35. The van der Waals surface area contributed by atoms with Gasteiger partial charge >= 0.3 is 0 Å². The van der Waals surface area contributed by atoms with Gasteiger partial charge in [-0.25, -0.2) is 4.98 Å². The van der Waals surface area contributed by atoms with E-state index < -0.39 is 0 Å². The lowest BCUT2D eigenvalue weighted by atomic mass is 10.1. The number of imidazole rings is 1. The Morgan fingerprint density at radius 2 is 1.74 bits per heavy atom. The van der Waals surface area contributed by atoms with Gasteiger partial charge in [-0.05, 0) is 41.8 Å². The summed E-state index contributed by atoms with van der Waals surface area (Å²) in [5.41, 5.74) is 2.97. The number of rotatable bonds is 6. The Balaban J connectivity index is 1.51. The van der Waals surface area contributed by atoms with Gasteiger partial charge in [-0.1, -0.05) is 12.1 Å². The van der Waals surface area contributed by atoms with E-state index in [0.717, 1.165) is 24.1 Å². The minimum atomic E-state index is -0.0479. The second-order valence-corrected chi connectivity index (χ2v) is 5.29. The predicted molar refractivity (Wildman–Crippen MR) is 88.0 cm³/mol. The summed E-state index contributed by atoms with van der Waals surface area (Å²) in [6.07, 6.45) is 9.77. The van der Waals surface area contributed by atoms with E-state index in [1.165, 1.54) is 0 Å². The Morgan fingerprint density at radius 3 is 2.43 bits per heavy atom. The van der Waals surface area contributed by atoms with Crippen LogP contribution < -0.4 is 5.32 Å². The second-order valence-electron chi connectivity index (χ2n) is 5.29. The monoisotopic (exact) mass is 306 g/mol. The summed E-state index contributed by atoms with van der Waals surface area (Å²) in [7, 11) is 0. The first-order chi connectivity index (χ1) is 11.3. The summed E-state index contributed by atoms with van der Waals surface area (Å²) in [6, 6.07) is 11.6. The van der Waals surface area contributed by atoms with Crippen molar-refractivity contribution in [3.05, 3.63) is 84.2 Å². The third kappa shape index (κ3) is 4.26. The molecule has 2 aromatic heterocycles. The van der Waals surface area contributed by atoms with Crippen molar-refractivity contribution in [2.75, 3.05) is 6.54 Å². The Bertz CT molecular complexity index is 736. The maximum atomic E-state index is 12.1. The van der Waals surface area contributed by atoms with Gasteiger partial charge in [-0.3, -0.25) is 9.78 Å². The van der Waals surface area contributed by atoms with Crippen LogP contribution in [0.5, 0.6) is 0 Å². The fourth-order valence-corrected chi connectivity index (χ4v) is 2.32. The molecule has 3 aromatic rings. The van der Waals surface area contributed by atoms with Crippen LogP contribution in [0, 0.1) is 0 Å². The van der Waals surface area contributed by atoms with Crippen LogP contribution in [-0.2, 0) is 13.0 Å². The Labute approximate surface area is 135 Å². The Kier molecular flexibility index (Phi) is 4.79. The van der Waals surface area contributed by atoms with Crippen molar-refractivity contribution in [1.29, 1.82) is 0 Å². The molecule has 0 fully saturated rings. The zero-order chi connectivity index (χ0) is 15.9. The lowest BCUT2D eigenvalue weighted by molar-refractivity contribution is 0.0954. The number of aromatic nitrogens is 3. The van der Waals surface area contributed by atoms with Crippen molar-refractivity contribution in [2.24, 2.45) is 0 Å². The van der Waals surface area contributed by atoms with Crippen LogP contribution in [0.3, 0.4) is 0 Å². The van der Waals surface area contributed by atoms with Crippen LogP contribution in [0.1, 0.15) is 21.5 Å². The van der Waals surface area contributed by atoms with E-state index in [4.69, 9.17) is 0 Å². The summed E-state index contributed by atoms with van der Waals surface area (Å²) in [5.74, 6) is -0.0479. The molecule has 23 heavy (non-hydrogen) atoms. The molecule has 0 saturated heterocycles. The van der Waals surface area contributed by atoms with E-state index in [1.807, 2.05) is 47.2 Å². The maximum absolute atomic E-state index is 12.1. The lowest BCUT2D eigenvalue weighted by Gasteiger charge is -2.07. The molecule has 0 aliphatic carbocycles. The van der Waals surface area contributed by atoms with Crippen LogP contribution >= 0.6 is 0 Å². The molecule has 0 aliphatic rings. The Hall–Kier alpha value is -2.95. The standard InChI is InChI=1S/C18H18N4O/c23-18(21-10-7-15-5-8-19-9-6-15)17-3-1-16(2-4-17)13-22-12-11-20-14-22/h1-6,8-9,11-12,14H,7,10,13H2,(H,21,23). The number of hydrogen-bond acceptors (Lipinski definition) is 3. The molecule has 1 N–H and O–H groups in total. The minimum Gasteiger partial charge on any atom is -0.352 e. The fourth-order valence-electron chi connectivity index (χ4n) is 2.32. The summed E-state index contributed by atoms with van der Waals surface area (Å²) >= 11 is 0. The number of nitrogens with one attached hydrogen (secondary N) is 1. The van der Waals surface area contributed by atoms with E-state index in [9.17, 15) is 4.79 Å². The number of nitrogens with zero attached hydrogens (tertiary/aromatic N) is 3. The zero-order valence-corrected chi connectivity index (χ0v) is 12.7. The highest BCUT2D eigenvalue weighted by Gasteiger charge is 2.05. The largest absolute Gasteiger partial charge is 0.352 e. The first-order valence-corrected chi connectivity index (χ1v) is 7.53. The summed E-state index contributed by atoms with van der Waals surface area (Å²) in [4.78, 5) is 20.1. The smallest absolute Gasteiger partial charge is 0.251 e. The van der Waals surface area contributed by atoms with Crippen LogP contribution in [-0.4, -0.2) is 27.0 Å². The predicted octanol–water partition coefficient (Wildman–Crippen LogP) is 2.30. The molecule has 1 amide bonds. The fraction of sp³-hybridized carbons (Fsp3) is 0.167. The number of benzene rings is 1. The lowest BCUT2D eigenvalue weighted by Crippen LogP contribution is -2.25. The van der Waals surface area contributed by atoms with Gasteiger partial charge in [0.1, 0.15) is 0 Å². The maximum Gasteiger partial charge on any atom is 0.251 e. The Morgan fingerprint density at radius 1 is 0.957 bits per heavy atom. The van der Waals surface area contributed by atoms with Crippen molar-refractivity contribution in [1.82, 2.24) is 19.9 Å². The van der Waals surface area contributed by atoms with Crippen molar-refractivity contribution >= 4 is 5.91 Å². The highest BCUT2D eigenvalue weighted by Crippen LogP contribution is 2.06. The molecule has 0 spiro atoms. The third-order valence-electron chi connectivity index (χ3n) is 3.59. The number of carbonyl (C=O) groups excluding carboxylic acids is 1. The molecular formula is C18H18N4O. The number of carbonyl (C=O) groups is 1. The summed E-state index contributed by atoms with van der Waals surface area (Å²) < 4.78 is 1.99. The van der Waals surface area contributed by atoms with E-state index in [2.05, 4.69) is 15.3 Å². The molecule has 0 radical (unpaired) electrons. The van der Waals surface area contributed by atoms with Gasteiger partial charge in [0, 0.05) is 43.4 Å². The summed E-state index contributed by atoms with van der Waals surface area (Å²) in [6.45, 7) is 1.36. The first-order valence-electron chi connectivity index (χ1n) is 7.53. The van der Waals surface area contributed by atoms with E-state index in [0.29, 0.717) is 12.1 Å². The molecule has 0 saturated carbocycles. The van der Waals surface area contributed by atoms with Gasteiger partial charge in [0.05, 0.1) is 6.33 Å². The molecular weight excluding hydrogens is 288 g/mol. The zero-order valence-electron chi connectivity index (χ0n) is 12.7. The average molecular weight is 306 g/mol. The van der Waals surface area contributed by atoms with Crippen LogP contribution in [0.2, 0.25) is 0 Å². The molecule has 5 nitrogen and oxygen atoms in total. The highest BCUT2D eigenvalue weighted by molar-refractivity contribution is 5.94. The van der Waals surface area contributed by atoms with E-state index in [1.54, 1.807) is 24.9 Å². The molecule has 5 heteroatoms. The van der Waals surface area contributed by atoms with Crippen LogP contribution in [0.4, 0.5) is 0 Å². The van der Waals surface area contributed by atoms with E-state index in [-0.39, 0.29) is 5.91 Å². The van der Waals surface area contributed by atoms with Crippen LogP contribution in [0.15, 0.2) is 67.5 Å². The van der Waals surface area contributed by atoms with Crippen LogP contribution in [0.25, 0.3) is 0 Å². The molecule has 3 rings (SSSR count). The third-order valence-corrected chi connectivity index (χ3v) is 3.59. The van der Waals surface area contributed by atoms with Gasteiger partial charge in [0.2, 0.25) is 0 Å². The number of amides is 1. The summed E-state index contributed by atoms with van der Waals surface area (Å²) in [5, 5.41) is 2.94. The topological polar surface area (TPSA) is 59.8 Å². The molecule has 0 atom stereocenters. The normalized spacial score (nSPS) is 10.4. The quantitative estimate of drug-likeness (QED) is 0.760. The number of hydrogen-bond donors (Lipinski definition) is 1. The minimum absolute atomic E-state index is 0.0479. The van der Waals surface area contributed by atoms with Gasteiger partial charge < -0.3 is 9.88 Å². The van der Waals surface area contributed by atoms with Gasteiger partial charge in [-0.2, -0.15) is 0 Å². The van der Waals surface area contributed by atoms with Gasteiger partial charge in [0.25, 0.3) is 5.91 Å². The van der Waals surface area contributed by atoms with Crippen molar-refractivity contribution in [3.8, 4) is 0 Å². The first kappa shape index (κ1) is 15.0. The van der Waals surface area contributed by atoms with E-state index >= 15 is 0 Å². The molecule has 0 aliphatic heterocycles. The SMILES string of the molecule is O=C(NCCc1ccncc1)c1ccc(Cn2ccnc2)cc1. The van der Waals surface area contributed by atoms with Crippen molar-refractivity contribution in [2.45, 2.75) is 13.0 Å². The highest BCUT2D eigenvalue weighted by atomic mass is 16.1. The van der Waals surface area contributed by atoms with Gasteiger partial charge in [-0.15, -0.1) is 0 Å². The van der Waals surface area contributed by atoms with Gasteiger partial charge in [0.15, 0.2) is 0 Å². The molecule has 2 heterocycles.